The van der Waals surface area contributed by atoms with Crippen molar-refractivity contribution in [1.82, 2.24) is 10.2 Å². The third-order valence-corrected chi connectivity index (χ3v) is 4.78. The van der Waals surface area contributed by atoms with Crippen molar-refractivity contribution in [3.63, 3.8) is 0 Å². The zero-order valence-corrected chi connectivity index (χ0v) is 14.9. The summed E-state index contributed by atoms with van der Waals surface area (Å²) in [5, 5.41) is 12.2. The molecule has 0 bridgehead atoms. The first-order valence-electron chi connectivity index (χ1n) is 8.91. The van der Waals surface area contributed by atoms with Crippen molar-refractivity contribution in [1.29, 1.82) is 0 Å². The van der Waals surface area contributed by atoms with E-state index in [-0.39, 0.29) is 24.8 Å². The quantitative estimate of drug-likeness (QED) is 0.785. The van der Waals surface area contributed by atoms with Crippen LogP contribution in [0.2, 0.25) is 0 Å². The lowest BCUT2D eigenvalue weighted by Gasteiger charge is -2.18. The van der Waals surface area contributed by atoms with Crippen LogP contribution in [0.15, 0.2) is 60.7 Å². The lowest BCUT2D eigenvalue weighted by Crippen LogP contribution is -2.37. The van der Waals surface area contributed by atoms with E-state index in [0.717, 1.165) is 5.56 Å². The summed E-state index contributed by atoms with van der Waals surface area (Å²) in [4.78, 5) is 37.9. The van der Waals surface area contributed by atoms with E-state index in [2.05, 4.69) is 5.32 Å². The number of rotatable bonds is 7. The molecule has 1 aliphatic rings. The van der Waals surface area contributed by atoms with Gasteiger partial charge >= 0.3 is 5.97 Å². The largest absolute Gasteiger partial charge is 0.481 e. The Kier molecular flexibility index (Phi) is 5.86. The van der Waals surface area contributed by atoms with E-state index >= 15 is 0 Å². The minimum atomic E-state index is -0.991. The predicted octanol–water partition coefficient (Wildman–Crippen LogP) is 2.02. The van der Waals surface area contributed by atoms with Crippen molar-refractivity contribution in [3.05, 3.63) is 71.8 Å². The van der Waals surface area contributed by atoms with Crippen LogP contribution in [-0.4, -0.2) is 40.9 Å². The summed E-state index contributed by atoms with van der Waals surface area (Å²) in [5.74, 6) is -2.59. The first-order chi connectivity index (χ1) is 13.0. The van der Waals surface area contributed by atoms with Crippen molar-refractivity contribution in [3.8, 4) is 0 Å². The number of nitrogens with zero attached hydrogens (tertiary/aromatic N) is 1. The van der Waals surface area contributed by atoms with Gasteiger partial charge in [0.1, 0.15) is 0 Å². The van der Waals surface area contributed by atoms with Gasteiger partial charge in [-0.2, -0.15) is 0 Å². The second kappa shape index (κ2) is 8.49. The Morgan fingerprint density at radius 3 is 2.33 bits per heavy atom. The van der Waals surface area contributed by atoms with Gasteiger partial charge in [0.05, 0.1) is 11.8 Å². The summed E-state index contributed by atoms with van der Waals surface area (Å²) in [7, 11) is 0. The maximum absolute atomic E-state index is 12.5. The maximum Gasteiger partial charge on any atom is 0.312 e. The molecular formula is C21H22N2O4. The van der Waals surface area contributed by atoms with Crippen LogP contribution in [0.4, 0.5) is 0 Å². The molecule has 6 heteroatoms. The van der Waals surface area contributed by atoms with E-state index in [9.17, 15) is 19.5 Å². The number of amides is 2. The first kappa shape index (κ1) is 18.6. The van der Waals surface area contributed by atoms with Crippen LogP contribution in [0.25, 0.3) is 0 Å². The molecular weight excluding hydrogens is 344 g/mol. The van der Waals surface area contributed by atoms with Gasteiger partial charge in [0.25, 0.3) is 0 Å². The van der Waals surface area contributed by atoms with Crippen molar-refractivity contribution >= 4 is 17.8 Å². The third kappa shape index (κ3) is 4.73. The second-order valence-corrected chi connectivity index (χ2v) is 6.71. The molecule has 140 valence electrons. The van der Waals surface area contributed by atoms with Gasteiger partial charge in [-0.15, -0.1) is 0 Å². The minimum absolute atomic E-state index is 0.00154. The molecule has 1 saturated heterocycles. The topological polar surface area (TPSA) is 86.7 Å². The molecule has 1 aliphatic heterocycles. The summed E-state index contributed by atoms with van der Waals surface area (Å²) >= 11 is 0. The van der Waals surface area contributed by atoms with E-state index in [1.807, 2.05) is 36.4 Å². The molecule has 2 unspecified atom stereocenters. The number of nitrogens with one attached hydrogen (secondary N) is 1. The zero-order valence-electron chi connectivity index (χ0n) is 14.9. The fourth-order valence-corrected chi connectivity index (χ4v) is 3.28. The minimum Gasteiger partial charge on any atom is -0.481 e. The predicted molar refractivity (Wildman–Crippen MR) is 99.8 cm³/mol. The van der Waals surface area contributed by atoms with Crippen LogP contribution in [0, 0.1) is 5.92 Å². The van der Waals surface area contributed by atoms with E-state index in [0.29, 0.717) is 18.7 Å². The van der Waals surface area contributed by atoms with Crippen molar-refractivity contribution < 1.29 is 19.5 Å². The molecule has 2 aromatic carbocycles. The highest BCUT2D eigenvalue weighted by Gasteiger charge is 2.34. The number of carbonyl (C=O) groups is 3. The highest BCUT2D eigenvalue weighted by molar-refractivity contribution is 5.89. The standard InChI is InChI=1S/C21H22N2O4/c24-19-11-17(14-23(19)13-15-7-3-1-4-8-15)20(25)22-12-18(21(26)27)16-9-5-2-6-10-16/h1-10,17-18H,11-14H2,(H,22,25)(H,26,27). The van der Waals surface area contributed by atoms with E-state index in [4.69, 9.17) is 0 Å². The van der Waals surface area contributed by atoms with Gasteiger partial charge in [0.15, 0.2) is 0 Å². The van der Waals surface area contributed by atoms with Gasteiger partial charge in [0.2, 0.25) is 11.8 Å². The van der Waals surface area contributed by atoms with Gasteiger partial charge in [0, 0.05) is 26.1 Å². The van der Waals surface area contributed by atoms with Crippen LogP contribution < -0.4 is 5.32 Å². The Balaban J connectivity index is 1.56. The van der Waals surface area contributed by atoms with Crippen LogP contribution in [0.1, 0.15) is 23.5 Å². The van der Waals surface area contributed by atoms with Gasteiger partial charge in [-0.3, -0.25) is 14.4 Å². The van der Waals surface area contributed by atoms with Crippen LogP contribution in [0.3, 0.4) is 0 Å². The van der Waals surface area contributed by atoms with E-state index < -0.39 is 17.8 Å². The first-order valence-corrected chi connectivity index (χ1v) is 8.91. The summed E-state index contributed by atoms with van der Waals surface area (Å²) < 4.78 is 0. The number of carboxylic acid groups (broad SMARTS) is 1. The lowest BCUT2D eigenvalue weighted by molar-refractivity contribution is -0.139. The molecule has 2 aromatic rings. The smallest absolute Gasteiger partial charge is 0.312 e. The summed E-state index contributed by atoms with van der Waals surface area (Å²) in [6.07, 6.45) is 0.155. The molecule has 1 fully saturated rings. The van der Waals surface area contributed by atoms with Crippen LogP contribution in [-0.2, 0) is 20.9 Å². The van der Waals surface area contributed by atoms with Crippen LogP contribution >= 0.6 is 0 Å². The molecule has 27 heavy (non-hydrogen) atoms. The lowest BCUT2D eigenvalue weighted by atomic mass is 9.99. The molecule has 2 amide bonds. The Hall–Kier alpha value is -3.15. The molecule has 0 radical (unpaired) electrons. The Morgan fingerprint density at radius 1 is 1.07 bits per heavy atom. The second-order valence-electron chi connectivity index (χ2n) is 6.71. The van der Waals surface area contributed by atoms with E-state index in [1.54, 1.807) is 29.2 Å². The average molecular weight is 366 g/mol. The van der Waals surface area contributed by atoms with Crippen molar-refractivity contribution in [2.45, 2.75) is 18.9 Å². The van der Waals surface area contributed by atoms with Crippen molar-refractivity contribution in [2.24, 2.45) is 5.92 Å². The number of hydrogen-bond donors (Lipinski definition) is 2. The number of benzene rings is 2. The van der Waals surface area contributed by atoms with Gasteiger partial charge in [-0.25, -0.2) is 0 Å². The van der Waals surface area contributed by atoms with Gasteiger partial charge in [-0.1, -0.05) is 60.7 Å². The summed E-state index contributed by atoms with van der Waals surface area (Å²) in [5.41, 5.74) is 1.65. The molecule has 3 rings (SSSR count). The fraction of sp³-hybridized carbons (Fsp3) is 0.286. The average Bonchev–Trinajstić information content (AvgIpc) is 3.04. The number of likely N-dealkylation sites (tertiary alicyclic amines) is 1. The Bertz CT molecular complexity index is 807. The molecule has 0 aromatic heterocycles. The monoisotopic (exact) mass is 366 g/mol. The Morgan fingerprint density at radius 2 is 1.70 bits per heavy atom. The number of carbonyl (C=O) groups excluding carboxylic acids is 2. The van der Waals surface area contributed by atoms with Gasteiger partial charge in [-0.05, 0) is 11.1 Å². The SMILES string of the molecule is O=C(NCC(C(=O)O)c1ccccc1)C1CC(=O)N(Cc2ccccc2)C1. The zero-order chi connectivity index (χ0) is 19.2. The number of hydrogen-bond acceptors (Lipinski definition) is 3. The van der Waals surface area contributed by atoms with Gasteiger partial charge < -0.3 is 15.3 Å². The highest BCUT2D eigenvalue weighted by Crippen LogP contribution is 2.21. The molecule has 2 N–H and O–H groups in total. The number of carboxylic acids is 1. The van der Waals surface area contributed by atoms with E-state index in [1.165, 1.54) is 0 Å². The molecule has 0 aliphatic carbocycles. The fourth-order valence-electron chi connectivity index (χ4n) is 3.28. The molecule has 2 atom stereocenters. The van der Waals surface area contributed by atoms with Crippen molar-refractivity contribution in [2.75, 3.05) is 13.1 Å². The highest BCUT2D eigenvalue weighted by atomic mass is 16.4. The summed E-state index contributed by atoms with van der Waals surface area (Å²) in [6, 6.07) is 18.4. The molecule has 0 saturated carbocycles. The normalized spacial score (nSPS) is 17.6. The molecule has 1 heterocycles. The molecule has 6 nitrogen and oxygen atoms in total. The Labute approximate surface area is 157 Å². The maximum atomic E-state index is 12.5. The number of aliphatic carboxylic acids is 1. The third-order valence-electron chi connectivity index (χ3n) is 4.78. The summed E-state index contributed by atoms with van der Waals surface area (Å²) in [6.45, 7) is 0.829. The molecule has 0 spiro atoms. The van der Waals surface area contributed by atoms with Crippen LogP contribution in [0.5, 0.6) is 0 Å².